The number of carbonyl (C=O) groups is 2. The Labute approximate surface area is 122 Å². The summed E-state index contributed by atoms with van der Waals surface area (Å²) in [6, 6.07) is 5.20. The Hall–Kier alpha value is -1.06. The number of rotatable bonds is 3. The minimum atomic E-state index is -0.0422. The molecule has 1 heterocycles. The van der Waals surface area contributed by atoms with E-state index in [1.165, 1.54) is 0 Å². The minimum absolute atomic E-state index is 0.0263. The highest BCUT2D eigenvalue weighted by Gasteiger charge is 2.24. The van der Waals surface area contributed by atoms with Crippen molar-refractivity contribution in [3.05, 3.63) is 33.8 Å². The molecule has 0 N–H and O–H groups in total. The first-order valence-corrected chi connectivity index (χ1v) is 7.03. The van der Waals surface area contributed by atoms with Crippen molar-refractivity contribution >= 4 is 35.4 Å². The average molecular weight is 300 g/mol. The highest BCUT2D eigenvalue weighted by Crippen LogP contribution is 2.26. The Kier molecular flexibility index (Phi) is 4.83. The van der Waals surface area contributed by atoms with Crippen molar-refractivity contribution in [1.82, 2.24) is 4.90 Å². The van der Waals surface area contributed by atoms with E-state index in [2.05, 4.69) is 0 Å². The van der Waals surface area contributed by atoms with Gasteiger partial charge in [0.2, 0.25) is 5.91 Å². The van der Waals surface area contributed by atoms with Crippen molar-refractivity contribution in [3.8, 4) is 0 Å². The molecule has 0 spiro atoms. The van der Waals surface area contributed by atoms with E-state index in [4.69, 9.17) is 23.2 Å². The Morgan fingerprint density at radius 3 is 2.68 bits per heavy atom. The summed E-state index contributed by atoms with van der Waals surface area (Å²) in [4.78, 5) is 24.8. The number of amides is 1. The molecule has 0 aliphatic carbocycles. The van der Waals surface area contributed by atoms with Gasteiger partial charge in [0, 0.05) is 29.1 Å². The zero-order chi connectivity index (χ0) is 13.8. The zero-order valence-electron chi connectivity index (χ0n) is 10.4. The molecule has 1 saturated heterocycles. The van der Waals surface area contributed by atoms with Crippen molar-refractivity contribution in [2.45, 2.75) is 19.3 Å². The SMILES string of the molecule is O=CC1CCCN(C(=O)Cc2c(Cl)cccc2Cl)C1. The van der Waals surface area contributed by atoms with E-state index in [0.29, 0.717) is 28.7 Å². The molecular formula is C14H15Cl2NO2. The third kappa shape index (κ3) is 3.48. The summed E-state index contributed by atoms with van der Waals surface area (Å²) in [5.74, 6) is -0.0685. The Balaban J connectivity index is 2.06. The first kappa shape index (κ1) is 14.4. The molecule has 1 aliphatic rings. The van der Waals surface area contributed by atoms with E-state index in [1.807, 2.05) is 0 Å². The second kappa shape index (κ2) is 6.40. The fourth-order valence-corrected chi connectivity index (χ4v) is 2.84. The van der Waals surface area contributed by atoms with Gasteiger partial charge in [-0.25, -0.2) is 0 Å². The molecule has 19 heavy (non-hydrogen) atoms. The molecule has 0 aromatic heterocycles. The van der Waals surface area contributed by atoms with Crippen LogP contribution in [0.1, 0.15) is 18.4 Å². The monoisotopic (exact) mass is 299 g/mol. The molecule has 1 aromatic rings. The predicted molar refractivity (Wildman–Crippen MR) is 75.5 cm³/mol. The lowest BCUT2D eigenvalue weighted by molar-refractivity contribution is -0.132. The molecule has 1 aromatic carbocycles. The second-order valence-corrected chi connectivity index (χ2v) is 5.57. The number of benzene rings is 1. The Bertz CT molecular complexity index is 470. The molecule has 0 bridgehead atoms. The number of hydrogen-bond donors (Lipinski definition) is 0. The molecule has 3 nitrogen and oxygen atoms in total. The molecule has 1 atom stereocenters. The quantitative estimate of drug-likeness (QED) is 0.805. The molecular weight excluding hydrogens is 285 g/mol. The maximum Gasteiger partial charge on any atom is 0.227 e. The van der Waals surface area contributed by atoms with Crippen LogP contribution < -0.4 is 0 Å². The summed E-state index contributed by atoms with van der Waals surface area (Å²) in [6.45, 7) is 1.20. The van der Waals surface area contributed by atoms with Crippen LogP contribution in [0.5, 0.6) is 0 Å². The van der Waals surface area contributed by atoms with Gasteiger partial charge in [0.15, 0.2) is 0 Å². The molecule has 0 saturated carbocycles. The van der Waals surface area contributed by atoms with Crippen LogP contribution in [0.25, 0.3) is 0 Å². The average Bonchev–Trinajstić information content (AvgIpc) is 2.43. The predicted octanol–water partition coefficient (Wildman–Crippen LogP) is 2.97. The van der Waals surface area contributed by atoms with Crippen molar-refractivity contribution in [2.75, 3.05) is 13.1 Å². The van der Waals surface area contributed by atoms with Crippen LogP contribution in [0.2, 0.25) is 10.0 Å². The molecule has 2 rings (SSSR count). The normalized spacial score (nSPS) is 19.3. The van der Waals surface area contributed by atoms with Crippen LogP contribution in [-0.2, 0) is 16.0 Å². The van der Waals surface area contributed by atoms with Gasteiger partial charge < -0.3 is 9.69 Å². The second-order valence-electron chi connectivity index (χ2n) is 4.76. The van der Waals surface area contributed by atoms with Crippen LogP contribution in [-0.4, -0.2) is 30.2 Å². The van der Waals surface area contributed by atoms with Crippen molar-refractivity contribution in [1.29, 1.82) is 0 Å². The van der Waals surface area contributed by atoms with Gasteiger partial charge in [-0.1, -0.05) is 29.3 Å². The molecule has 1 fully saturated rings. The lowest BCUT2D eigenvalue weighted by atomic mass is 9.99. The van der Waals surface area contributed by atoms with Gasteiger partial charge in [-0.2, -0.15) is 0 Å². The molecule has 0 radical (unpaired) electrons. The highest BCUT2D eigenvalue weighted by atomic mass is 35.5. The molecule has 1 amide bonds. The minimum Gasteiger partial charge on any atom is -0.342 e. The third-order valence-corrected chi connectivity index (χ3v) is 4.10. The van der Waals surface area contributed by atoms with E-state index < -0.39 is 0 Å². The molecule has 1 aliphatic heterocycles. The van der Waals surface area contributed by atoms with Crippen LogP contribution in [0.4, 0.5) is 0 Å². The maximum atomic E-state index is 12.2. The van der Waals surface area contributed by atoms with Crippen molar-refractivity contribution in [3.63, 3.8) is 0 Å². The van der Waals surface area contributed by atoms with E-state index in [1.54, 1.807) is 23.1 Å². The van der Waals surface area contributed by atoms with Gasteiger partial charge in [-0.3, -0.25) is 4.79 Å². The zero-order valence-corrected chi connectivity index (χ0v) is 12.0. The first-order valence-electron chi connectivity index (χ1n) is 6.27. The molecule has 1 unspecified atom stereocenters. The standard InChI is InChI=1S/C14H15Cl2NO2/c15-12-4-1-5-13(16)11(12)7-14(19)17-6-2-3-10(8-17)9-18/h1,4-5,9-10H,2-3,6-8H2. The fraction of sp³-hybridized carbons (Fsp3) is 0.429. The van der Waals surface area contributed by atoms with Gasteiger partial charge in [0.05, 0.1) is 6.42 Å². The Morgan fingerprint density at radius 1 is 1.37 bits per heavy atom. The molecule has 102 valence electrons. The van der Waals surface area contributed by atoms with Crippen LogP contribution in [0.15, 0.2) is 18.2 Å². The summed E-state index contributed by atoms with van der Waals surface area (Å²) in [7, 11) is 0. The number of hydrogen-bond acceptors (Lipinski definition) is 2. The van der Waals surface area contributed by atoms with E-state index in [9.17, 15) is 9.59 Å². The van der Waals surface area contributed by atoms with Gasteiger partial charge in [0.25, 0.3) is 0 Å². The van der Waals surface area contributed by atoms with E-state index >= 15 is 0 Å². The number of carbonyl (C=O) groups excluding carboxylic acids is 2. The van der Waals surface area contributed by atoms with E-state index in [-0.39, 0.29) is 18.2 Å². The first-order chi connectivity index (χ1) is 9.11. The lowest BCUT2D eigenvalue weighted by Gasteiger charge is -2.30. The summed E-state index contributed by atoms with van der Waals surface area (Å²) < 4.78 is 0. The smallest absolute Gasteiger partial charge is 0.227 e. The summed E-state index contributed by atoms with van der Waals surface area (Å²) in [6.07, 6.45) is 2.84. The van der Waals surface area contributed by atoms with Crippen LogP contribution >= 0.6 is 23.2 Å². The fourth-order valence-electron chi connectivity index (χ4n) is 2.31. The van der Waals surface area contributed by atoms with Gasteiger partial charge >= 0.3 is 0 Å². The van der Waals surface area contributed by atoms with Crippen LogP contribution in [0.3, 0.4) is 0 Å². The van der Waals surface area contributed by atoms with E-state index in [0.717, 1.165) is 19.1 Å². The van der Waals surface area contributed by atoms with Crippen molar-refractivity contribution in [2.24, 2.45) is 5.92 Å². The summed E-state index contributed by atoms with van der Waals surface area (Å²) in [5.41, 5.74) is 0.657. The summed E-state index contributed by atoms with van der Waals surface area (Å²) in [5, 5.41) is 1.01. The highest BCUT2D eigenvalue weighted by molar-refractivity contribution is 6.36. The van der Waals surface area contributed by atoms with Gasteiger partial charge in [-0.05, 0) is 30.5 Å². The number of likely N-dealkylation sites (tertiary alicyclic amines) is 1. The number of halogens is 2. The van der Waals surface area contributed by atoms with Gasteiger partial charge in [0.1, 0.15) is 6.29 Å². The van der Waals surface area contributed by atoms with Crippen LogP contribution in [0, 0.1) is 5.92 Å². The van der Waals surface area contributed by atoms with Gasteiger partial charge in [-0.15, -0.1) is 0 Å². The number of aldehydes is 1. The maximum absolute atomic E-state index is 12.2. The number of piperidine rings is 1. The molecule has 5 heteroatoms. The Morgan fingerprint density at radius 2 is 2.05 bits per heavy atom. The van der Waals surface area contributed by atoms with Crippen molar-refractivity contribution < 1.29 is 9.59 Å². The lowest BCUT2D eigenvalue weighted by Crippen LogP contribution is -2.41. The topological polar surface area (TPSA) is 37.4 Å². The third-order valence-electron chi connectivity index (χ3n) is 3.39. The number of nitrogens with zero attached hydrogens (tertiary/aromatic N) is 1. The summed E-state index contributed by atoms with van der Waals surface area (Å²) >= 11 is 12.1. The largest absolute Gasteiger partial charge is 0.342 e.